The number of aliphatic carboxylic acids is 1. The van der Waals surface area contributed by atoms with E-state index >= 15 is 0 Å². The van der Waals surface area contributed by atoms with E-state index in [9.17, 15) is 19.1 Å². The summed E-state index contributed by atoms with van der Waals surface area (Å²) in [5, 5.41) is 11.9. The Bertz CT molecular complexity index is 822. The molecule has 2 N–H and O–H groups in total. The van der Waals surface area contributed by atoms with Gasteiger partial charge in [0, 0.05) is 5.56 Å². The van der Waals surface area contributed by atoms with Gasteiger partial charge < -0.3 is 19.9 Å². The van der Waals surface area contributed by atoms with Gasteiger partial charge in [0.2, 0.25) is 0 Å². The van der Waals surface area contributed by atoms with E-state index in [4.69, 9.17) is 9.47 Å². The van der Waals surface area contributed by atoms with Gasteiger partial charge in [-0.15, -0.1) is 0 Å². The first-order chi connectivity index (χ1) is 12.3. The summed E-state index contributed by atoms with van der Waals surface area (Å²) in [6.45, 7) is 1.55. The molecule has 26 heavy (non-hydrogen) atoms. The zero-order valence-corrected chi connectivity index (χ0v) is 14.7. The smallest absolute Gasteiger partial charge is 0.305 e. The molecule has 1 unspecified atom stereocenters. The van der Waals surface area contributed by atoms with E-state index in [0.29, 0.717) is 22.6 Å². The number of halogens is 1. The molecule has 0 fully saturated rings. The quantitative estimate of drug-likeness (QED) is 0.792. The maximum atomic E-state index is 13.4. The predicted molar refractivity (Wildman–Crippen MR) is 93.1 cm³/mol. The number of methoxy groups -OCH3 is 2. The van der Waals surface area contributed by atoms with Crippen LogP contribution in [0, 0.1) is 12.7 Å². The van der Waals surface area contributed by atoms with E-state index in [2.05, 4.69) is 5.32 Å². The SMILES string of the molecule is COc1ccc(C(CC(=O)O)NC(=O)c2ccc(F)c(C)c2)cc1OC. The van der Waals surface area contributed by atoms with Crippen molar-refractivity contribution in [3.05, 3.63) is 58.9 Å². The van der Waals surface area contributed by atoms with Gasteiger partial charge in [-0.2, -0.15) is 0 Å². The highest BCUT2D eigenvalue weighted by atomic mass is 19.1. The number of carboxylic acid groups (broad SMARTS) is 1. The maximum absolute atomic E-state index is 13.4. The molecule has 0 saturated carbocycles. The van der Waals surface area contributed by atoms with Crippen LogP contribution in [0.3, 0.4) is 0 Å². The molecular weight excluding hydrogens is 341 g/mol. The van der Waals surface area contributed by atoms with E-state index in [0.717, 1.165) is 0 Å². The number of carboxylic acids is 1. The molecule has 1 atom stereocenters. The number of hydrogen-bond acceptors (Lipinski definition) is 4. The fraction of sp³-hybridized carbons (Fsp3) is 0.263. The monoisotopic (exact) mass is 361 g/mol. The minimum atomic E-state index is -1.07. The van der Waals surface area contributed by atoms with Crippen molar-refractivity contribution in [1.29, 1.82) is 0 Å². The van der Waals surface area contributed by atoms with Crippen molar-refractivity contribution >= 4 is 11.9 Å². The molecule has 0 spiro atoms. The molecule has 6 nitrogen and oxygen atoms in total. The molecule has 2 rings (SSSR count). The molecule has 1 amide bonds. The molecule has 0 aliphatic heterocycles. The largest absolute Gasteiger partial charge is 0.493 e. The lowest BCUT2D eigenvalue weighted by Crippen LogP contribution is -2.30. The van der Waals surface area contributed by atoms with Gasteiger partial charge in [0.15, 0.2) is 11.5 Å². The maximum Gasteiger partial charge on any atom is 0.305 e. The third-order valence-corrected chi connectivity index (χ3v) is 3.91. The summed E-state index contributed by atoms with van der Waals surface area (Å²) in [6.07, 6.45) is -0.318. The van der Waals surface area contributed by atoms with Gasteiger partial charge in [0.05, 0.1) is 26.7 Å². The number of aryl methyl sites for hydroxylation is 1. The van der Waals surface area contributed by atoms with Gasteiger partial charge in [-0.05, 0) is 48.4 Å². The number of benzene rings is 2. The number of ether oxygens (including phenoxy) is 2. The molecule has 0 bridgehead atoms. The van der Waals surface area contributed by atoms with Gasteiger partial charge in [-0.1, -0.05) is 6.07 Å². The summed E-state index contributed by atoms with van der Waals surface area (Å²) >= 11 is 0. The summed E-state index contributed by atoms with van der Waals surface area (Å²) in [6, 6.07) is 8.09. The lowest BCUT2D eigenvalue weighted by Gasteiger charge is -2.19. The third kappa shape index (κ3) is 4.50. The van der Waals surface area contributed by atoms with Crippen LogP contribution in [0.1, 0.15) is 33.9 Å². The van der Waals surface area contributed by atoms with E-state index in [1.54, 1.807) is 25.1 Å². The number of amides is 1. The Morgan fingerprint density at radius 3 is 2.38 bits per heavy atom. The summed E-state index contributed by atoms with van der Waals surface area (Å²) in [4.78, 5) is 23.7. The fourth-order valence-electron chi connectivity index (χ4n) is 2.52. The zero-order valence-electron chi connectivity index (χ0n) is 14.7. The first-order valence-electron chi connectivity index (χ1n) is 7.86. The van der Waals surface area contributed by atoms with Crippen LogP contribution in [0.4, 0.5) is 4.39 Å². The highest BCUT2D eigenvalue weighted by Gasteiger charge is 2.21. The summed E-state index contributed by atoms with van der Waals surface area (Å²) < 4.78 is 23.8. The molecule has 7 heteroatoms. The van der Waals surface area contributed by atoms with Crippen LogP contribution in [0.25, 0.3) is 0 Å². The molecular formula is C19H20FNO5. The zero-order chi connectivity index (χ0) is 19.3. The molecule has 2 aromatic rings. The Labute approximate surface area is 150 Å². The Morgan fingerprint density at radius 2 is 1.81 bits per heavy atom. The number of carbonyl (C=O) groups excluding carboxylic acids is 1. The van der Waals surface area contributed by atoms with Gasteiger partial charge in [0.1, 0.15) is 5.82 Å². The summed E-state index contributed by atoms with van der Waals surface area (Å²) in [7, 11) is 2.96. The van der Waals surface area contributed by atoms with E-state index in [1.165, 1.54) is 32.4 Å². The molecule has 0 saturated heterocycles. The molecule has 0 aliphatic carbocycles. The van der Waals surface area contributed by atoms with Crippen LogP contribution in [0.5, 0.6) is 11.5 Å². The summed E-state index contributed by atoms with van der Waals surface area (Å²) in [5.41, 5.74) is 1.13. The van der Waals surface area contributed by atoms with Crippen molar-refractivity contribution in [2.75, 3.05) is 14.2 Å². The highest BCUT2D eigenvalue weighted by molar-refractivity contribution is 5.94. The third-order valence-electron chi connectivity index (χ3n) is 3.91. The van der Waals surface area contributed by atoms with Gasteiger partial charge >= 0.3 is 5.97 Å². The number of hydrogen-bond donors (Lipinski definition) is 2. The fourth-order valence-corrected chi connectivity index (χ4v) is 2.52. The Balaban J connectivity index is 2.31. The topological polar surface area (TPSA) is 84.9 Å². The second-order valence-electron chi connectivity index (χ2n) is 5.70. The van der Waals surface area contributed by atoms with Crippen molar-refractivity contribution < 1.29 is 28.6 Å². The number of carbonyl (C=O) groups is 2. The van der Waals surface area contributed by atoms with Crippen LogP contribution in [0.2, 0.25) is 0 Å². The molecule has 0 aromatic heterocycles. The molecule has 138 valence electrons. The van der Waals surface area contributed by atoms with Crippen LogP contribution in [0.15, 0.2) is 36.4 Å². The normalized spacial score (nSPS) is 11.5. The lowest BCUT2D eigenvalue weighted by molar-refractivity contribution is -0.137. The second kappa shape index (κ2) is 8.33. The molecule has 0 aliphatic rings. The standard InChI is InChI=1S/C19H20FNO5/c1-11-8-13(4-6-14(11)20)19(24)21-15(10-18(22)23)12-5-7-16(25-2)17(9-12)26-3/h4-9,15H,10H2,1-3H3,(H,21,24)(H,22,23). The van der Waals surface area contributed by atoms with E-state index in [-0.39, 0.29) is 12.0 Å². The van der Waals surface area contributed by atoms with Crippen LogP contribution < -0.4 is 14.8 Å². The Morgan fingerprint density at radius 1 is 1.12 bits per heavy atom. The molecule has 0 radical (unpaired) electrons. The van der Waals surface area contributed by atoms with Crippen LogP contribution in [-0.4, -0.2) is 31.2 Å². The second-order valence-corrected chi connectivity index (χ2v) is 5.70. The lowest BCUT2D eigenvalue weighted by atomic mass is 10.0. The van der Waals surface area contributed by atoms with Gasteiger partial charge in [-0.3, -0.25) is 9.59 Å². The van der Waals surface area contributed by atoms with Gasteiger partial charge in [-0.25, -0.2) is 4.39 Å². The average molecular weight is 361 g/mol. The summed E-state index contributed by atoms with van der Waals surface area (Å²) in [5.74, 6) is -1.06. The van der Waals surface area contributed by atoms with Crippen molar-refractivity contribution in [3.63, 3.8) is 0 Å². The molecule has 0 heterocycles. The first-order valence-corrected chi connectivity index (χ1v) is 7.86. The van der Waals surface area contributed by atoms with Crippen LogP contribution in [-0.2, 0) is 4.79 Å². The minimum Gasteiger partial charge on any atom is -0.493 e. The average Bonchev–Trinajstić information content (AvgIpc) is 2.62. The number of nitrogens with one attached hydrogen (secondary N) is 1. The van der Waals surface area contributed by atoms with Crippen molar-refractivity contribution in [3.8, 4) is 11.5 Å². The van der Waals surface area contributed by atoms with Crippen molar-refractivity contribution in [1.82, 2.24) is 5.32 Å². The minimum absolute atomic E-state index is 0.250. The van der Waals surface area contributed by atoms with Gasteiger partial charge in [0.25, 0.3) is 5.91 Å². The van der Waals surface area contributed by atoms with Crippen LogP contribution >= 0.6 is 0 Å². The highest BCUT2D eigenvalue weighted by Crippen LogP contribution is 2.31. The van der Waals surface area contributed by atoms with Crippen molar-refractivity contribution in [2.45, 2.75) is 19.4 Å². The van der Waals surface area contributed by atoms with Crippen molar-refractivity contribution in [2.24, 2.45) is 0 Å². The first kappa shape index (κ1) is 19.2. The Kier molecular flexibility index (Phi) is 6.16. The predicted octanol–water partition coefficient (Wildman–Crippen LogP) is 3.10. The number of rotatable bonds is 7. The molecule has 2 aromatic carbocycles. The van der Waals surface area contributed by atoms with E-state index in [1.807, 2.05) is 0 Å². The Hall–Kier alpha value is -3.09. The van der Waals surface area contributed by atoms with E-state index < -0.39 is 23.7 Å².